The molecular formula is C15H23NO. The summed E-state index contributed by atoms with van der Waals surface area (Å²) in [5.74, 6) is 1.02. The lowest BCUT2D eigenvalue weighted by Crippen LogP contribution is -2.23. The molecule has 94 valence electrons. The third-order valence-electron chi connectivity index (χ3n) is 3.25. The molecule has 0 radical (unpaired) electrons. The molecule has 1 unspecified atom stereocenters. The first-order chi connectivity index (χ1) is 8.15. The maximum atomic E-state index is 5.75. The van der Waals surface area contributed by atoms with Crippen LogP contribution < -0.4 is 10.1 Å². The molecule has 0 amide bonds. The summed E-state index contributed by atoms with van der Waals surface area (Å²) in [7, 11) is 0. The van der Waals surface area contributed by atoms with E-state index in [4.69, 9.17) is 4.74 Å². The fraction of sp³-hybridized carbons (Fsp3) is 0.600. The van der Waals surface area contributed by atoms with Gasteiger partial charge in [-0.2, -0.15) is 0 Å². The number of rotatable bonds is 4. The Labute approximate surface area is 104 Å². The van der Waals surface area contributed by atoms with E-state index in [1.54, 1.807) is 0 Å². The molecule has 0 aromatic heterocycles. The lowest BCUT2D eigenvalue weighted by molar-refractivity contribution is 0.240. The van der Waals surface area contributed by atoms with Crippen molar-refractivity contribution < 1.29 is 4.74 Å². The van der Waals surface area contributed by atoms with Gasteiger partial charge in [-0.05, 0) is 63.8 Å². The first kappa shape index (κ1) is 12.4. The van der Waals surface area contributed by atoms with E-state index >= 15 is 0 Å². The van der Waals surface area contributed by atoms with E-state index in [1.807, 2.05) is 0 Å². The Balaban J connectivity index is 2.02. The van der Waals surface area contributed by atoms with E-state index in [1.165, 1.54) is 30.5 Å². The van der Waals surface area contributed by atoms with Crippen molar-refractivity contribution in [3.8, 4) is 5.75 Å². The van der Waals surface area contributed by atoms with E-state index in [0.29, 0.717) is 6.04 Å². The van der Waals surface area contributed by atoms with Crippen molar-refractivity contribution in [2.75, 3.05) is 6.54 Å². The molecule has 1 aromatic carbocycles. The molecule has 1 aromatic rings. The molecule has 1 fully saturated rings. The predicted octanol–water partition coefficient (Wildman–Crippen LogP) is 3.08. The SMILES string of the molecule is Cc1cc(CC2CCCN2)ccc1OC(C)C. The van der Waals surface area contributed by atoms with Crippen LogP contribution in [0.2, 0.25) is 0 Å². The molecular weight excluding hydrogens is 210 g/mol. The quantitative estimate of drug-likeness (QED) is 0.863. The summed E-state index contributed by atoms with van der Waals surface area (Å²) < 4.78 is 5.75. The second-order valence-corrected chi connectivity index (χ2v) is 5.26. The zero-order valence-corrected chi connectivity index (χ0v) is 11.1. The Bertz CT molecular complexity index is 367. The summed E-state index contributed by atoms with van der Waals surface area (Å²) >= 11 is 0. The number of hydrogen-bond donors (Lipinski definition) is 1. The zero-order chi connectivity index (χ0) is 12.3. The smallest absolute Gasteiger partial charge is 0.122 e. The average Bonchev–Trinajstić information content (AvgIpc) is 2.74. The minimum atomic E-state index is 0.246. The van der Waals surface area contributed by atoms with E-state index in [2.05, 4.69) is 44.3 Å². The van der Waals surface area contributed by atoms with Crippen LogP contribution in [0.3, 0.4) is 0 Å². The largest absolute Gasteiger partial charge is 0.491 e. The maximum absolute atomic E-state index is 5.75. The molecule has 1 heterocycles. The fourth-order valence-electron chi connectivity index (χ4n) is 2.44. The number of benzene rings is 1. The van der Waals surface area contributed by atoms with Crippen LogP contribution >= 0.6 is 0 Å². The van der Waals surface area contributed by atoms with Crippen LogP contribution in [0.1, 0.15) is 37.8 Å². The molecule has 1 aliphatic rings. The number of nitrogens with one attached hydrogen (secondary N) is 1. The summed E-state index contributed by atoms with van der Waals surface area (Å²) in [4.78, 5) is 0. The van der Waals surface area contributed by atoms with E-state index in [-0.39, 0.29) is 6.10 Å². The molecule has 1 atom stereocenters. The fourth-order valence-corrected chi connectivity index (χ4v) is 2.44. The molecule has 1 saturated heterocycles. The van der Waals surface area contributed by atoms with Crippen LogP contribution in [-0.4, -0.2) is 18.7 Å². The highest BCUT2D eigenvalue weighted by atomic mass is 16.5. The third kappa shape index (κ3) is 3.47. The summed E-state index contributed by atoms with van der Waals surface area (Å²) in [5, 5.41) is 3.54. The van der Waals surface area contributed by atoms with Gasteiger partial charge in [0.15, 0.2) is 0 Å². The van der Waals surface area contributed by atoms with Crippen molar-refractivity contribution in [3.63, 3.8) is 0 Å². The van der Waals surface area contributed by atoms with Crippen molar-refractivity contribution in [2.45, 2.75) is 52.2 Å². The van der Waals surface area contributed by atoms with Crippen molar-refractivity contribution in [1.29, 1.82) is 0 Å². The average molecular weight is 233 g/mol. The van der Waals surface area contributed by atoms with Gasteiger partial charge < -0.3 is 10.1 Å². The van der Waals surface area contributed by atoms with Crippen LogP contribution in [0.15, 0.2) is 18.2 Å². The van der Waals surface area contributed by atoms with Crippen molar-refractivity contribution in [3.05, 3.63) is 29.3 Å². The molecule has 17 heavy (non-hydrogen) atoms. The van der Waals surface area contributed by atoms with Crippen LogP contribution in [0, 0.1) is 6.92 Å². The Kier molecular flexibility index (Phi) is 4.06. The van der Waals surface area contributed by atoms with Crippen LogP contribution in [0.5, 0.6) is 5.75 Å². The van der Waals surface area contributed by atoms with Gasteiger partial charge in [0, 0.05) is 6.04 Å². The summed E-state index contributed by atoms with van der Waals surface area (Å²) in [6.07, 6.45) is 4.01. The molecule has 2 heteroatoms. The Hall–Kier alpha value is -1.02. The summed E-state index contributed by atoms with van der Waals surface area (Å²) in [6, 6.07) is 7.24. The standard InChI is InChI=1S/C15H23NO/c1-11(2)17-15-7-6-13(9-12(15)3)10-14-5-4-8-16-14/h6-7,9,11,14,16H,4-5,8,10H2,1-3H3. The van der Waals surface area contributed by atoms with Gasteiger partial charge in [-0.3, -0.25) is 0 Å². The molecule has 0 spiro atoms. The van der Waals surface area contributed by atoms with Crippen LogP contribution in [0.4, 0.5) is 0 Å². The molecule has 2 nitrogen and oxygen atoms in total. The van der Waals surface area contributed by atoms with Crippen molar-refractivity contribution in [2.24, 2.45) is 0 Å². The normalized spacial score (nSPS) is 19.9. The van der Waals surface area contributed by atoms with Crippen molar-refractivity contribution >= 4 is 0 Å². The number of ether oxygens (including phenoxy) is 1. The minimum Gasteiger partial charge on any atom is -0.491 e. The van der Waals surface area contributed by atoms with E-state index < -0.39 is 0 Å². The van der Waals surface area contributed by atoms with Crippen LogP contribution in [-0.2, 0) is 6.42 Å². The topological polar surface area (TPSA) is 21.3 Å². The number of aryl methyl sites for hydroxylation is 1. The zero-order valence-electron chi connectivity index (χ0n) is 11.1. The van der Waals surface area contributed by atoms with Gasteiger partial charge in [-0.25, -0.2) is 0 Å². The minimum absolute atomic E-state index is 0.246. The van der Waals surface area contributed by atoms with Gasteiger partial charge in [0.1, 0.15) is 5.75 Å². The highest BCUT2D eigenvalue weighted by molar-refractivity contribution is 5.36. The summed E-state index contributed by atoms with van der Waals surface area (Å²) in [6.45, 7) is 7.44. The highest BCUT2D eigenvalue weighted by Crippen LogP contribution is 2.22. The van der Waals surface area contributed by atoms with Gasteiger partial charge >= 0.3 is 0 Å². The first-order valence-electron chi connectivity index (χ1n) is 6.64. The Morgan fingerprint density at radius 2 is 2.24 bits per heavy atom. The molecule has 0 saturated carbocycles. The molecule has 0 aliphatic carbocycles. The van der Waals surface area contributed by atoms with Gasteiger partial charge in [-0.1, -0.05) is 12.1 Å². The first-order valence-corrected chi connectivity index (χ1v) is 6.64. The van der Waals surface area contributed by atoms with Gasteiger partial charge in [-0.15, -0.1) is 0 Å². The highest BCUT2D eigenvalue weighted by Gasteiger charge is 2.14. The lowest BCUT2D eigenvalue weighted by Gasteiger charge is -2.15. The molecule has 1 aliphatic heterocycles. The van der Waals surface area contributed by atoms with Gasteiger partial charge in [0.05, 0.1) is 6.10 Å². The van der Waals surface area contributed by atoms with Crippen molar-refractivity contribution in [1.82, 2.24) is 5.32 Å². The van der Waals surface area contributed by atoms with Crippen LogP contribution in [0.25, 0.3) is 0 Å². The number of hydrogen-bond acceptors (Lipinski definition) is 2. The van der Waals surface area contributed by atoms with Gasteiger partial charge in [0.25, 0.3) is 0 Å². The second kappa shape index (κ2) is 5.54. The lowest BCUT2D eigenvalue weighted by atomic mass is 10.0. The summed E-state index contributed by atoms with van der Waals surface area (Å²) in [5.41, 5.74) is 2.66. The monoisotopic (exact) mass is 233 g/mol. The van der Waals surface area contributed by atoms with E-state index in [0.717, 1.165) is 12.2 Å². The third-order valence-corrected chi connectivity index (χ3v) is 3.25. The van der Waals surface area contributed by atoms with E-state index in [9.17, 15) is 0 Å². The molecule has 2 rings (SSSR count). The van der Waals surface area contributed by atoms with Gasteiger partial charge in [0.2, 0.25) is 0 Å². The second-order valence-electron chi connectivity index (χ2n) is 5.26. The Morgan fingerprint density at radius 3 is 2.82 bits per heavy atom. The molecule has 0 bridgehead atoms. The molecule has 1 N–H and O–H groups in total. The Morgan fingerprint density at radius 1 is 1.41 bits per heavy atom. The maximum Gasteiger partial charge on any atom is 0.122 e. The predicted molar refractivity (Wildman–Crippen MR) is 71.7 cm³/mol.